The van der Waals surface area contributed by atoms with Crippen molar-refractivity contribution in [1.82, 2.24) is 10.2 Å². The van der Waals surface area contributed by atoms with Crippen LogP contribution in [0.1, 0.15) is 37.1 Å². The fourth-order valence-electron chi connectivity index (χ4n) is 2.81. The first-order valence-electron chi connectivity index (χ1n) is 6.95. The number of rotatable bonds is 5. The lowest BCUT2D eigenvalue weighted by molar-refractivity contribution is 0.310. The molecule has 0 aromatic carbocycles. The van der Waals surface area contributed by atoms with E-state index in [4.69, 9.17) is 0 Å². The average Bonchev–Trinajstić information content (AvgIpc) is 2.95. The highest BCUT2D eigenvalue weighted by molar-refractivity contribution is 9.11. The molecule has 2 unspecified atom stereocenters. The van der Waals surface area contributed by atoms with E-state index in [0.717, 1.165) is 12.0 Å². The zero-order valence-corrected chi connectivity index (χ0v) is 13.3. The van der Waals surface area contributed by atoms with Crippen LogP contribution in [-0.4, -0.2) is 30.6 Å². The van der Waals surface area contributed by atoms with Crippen molar-refractivity contribution in [1.29, 1.82) is 0 Å². The van der Waals surface area contributed by atoms with E-state index in [1.165, 1.54) is 47.6 Å². The Kier molecular flexibility index (Phi) is 4.09. The summed E-state index contributed by atoms with van der Waals surface area (Å²) in [5.74, 6) is 0.858. The van der Waals surface area contributed by atoms with Crippen molar-refractivity contribution in [2.75, 3.05) is 19.6 Å². The fourth-order valence-corrected chi connectivity index (χ4v) is 4.26. The molecular weight excluding hydrogens is 308 g/mol. The molecule has 0 amide bonds. The van der Waals surface area contributed by atoms with Crippen LogP contribution in [0.15, 0.2) is 15.9 Å². The molecule has 1 aromatic heterocycles. The average molecular weight is 329 g/mol. The van der Waals surface area contributed by atoms with Crippen LogP contribution in [-0.2, 0) is 0 Å². The largest absolute Gasteiger partial charge is 0.309 e. The smallest absolute Gasteiger partial charge is 0.0701 e. The summed E-state index contributed by atoms with van der Waals surface area (Å²) in [6, 6.07) is 5.79. The van der Waals surface area contributed by atoms with Gasteiger partial charge in [-0.3, -0.25) is 0 Å². The van der Waals surface area contributed by atoms with Gasteiger partial charge >= 0.3 is 0 Å². The lowest BCUT2D eigenvalue weighted by Gasteiger charge is -2.17. The molecule has 1 saturated heterocycles. The summed E-state index contributed by atoms with van der Waals surface area (Å²) in [7, 11) is 0. The number of nitrogens with one attached hydrogen (secondary N) is 1. The normalized spacial score (nSPS) is 26.7. The van der Waals surface area contributed by atoms with Gasteiger partial charge in [0.1, 0.15) is 0 Å². The molecule has 1 aliphatic carbocycles. The van der Waals surface area contributed by atoms with Gasteiger partial charge < -0.3 is 10.2 Å². The lowest BCUT2D eigenvalue weighted by atomic mass is 10.1. The van der Waals surface area contributed by atoms with Gasteiger partial charge in [-0.15, -0.1) is 11.3 Å². The summed E-state index contributed by atoms with van der Waals surface area (Å²) in [5, 5.41) is 3.70. The Bertz CT molecular complexity index is 402. The van der Waals surface area contributed by atoms with E-state index in [9.17, 15) is 0 Å². The molecule has 4 heteroatoms. The summed E-state index contributed by atoms with van der Waals surface area (Å²) in [6.45, 7) is 6.08. The molecule has 1 N–H and O–H groups in total. The predicted molar refractivity (Wildman–Crippen MR) is 81.1 cm³/mol. The molecule has 0 bridgehead atoms. The van der Waals surface area contributed by atoms with Gasteiger partial charge in [-0.25, -0.2) is 0 Å². The molecule has 100 valence electrons. The van der Waals surface area contributed by atoms with Gasteiger partial charge in [-0.05, 0) is 73.3 Å². The number of likely N-dealkylation sites (tertiary alicyclic amines) is 1. The first kappa shape index (κ1) is 13.1. The van der Waals surface area contributed by atoms with Crippen LogP contribution >= 0.6 is 27.3 Å². The van der Waals surface area contributed by atoms with E-state index in [2.05, 4.69) is 45.2 Å². The van der Waals surface area contributed by atoms with E-state index in [-0.39, 0.29) is 0 Å². The van der Waals surface area contributed by atoms with Crippen molar-refractivity contribution < 1.29 is 0 Å². The van der Waals surface area contributed by atoms with Crippen molar-refractivity contribution in [3.8, 4) is 0 Å². The number of thiophene rings is 1. The molecule has 1 saturated carbocycles. The third-order valence-corrected chi connectivity index (χ3v) is 5.92. The van der Waals surface area contributed by atoms with Crippen LogP contribution in [0.2, 0.25) is 0 Å². The van der Waals surface area contributed by atoms with Crippen molar-refractivity contribution in [3.05, 3.63) is 20.8 Å². The number of hydrogen-bond donors (Lipinski definition) is 1. The zero-order valence-electron chi connectivity index (χ0n) is 10.9. The van der Waals surface area contributed by atoms with Gasteiger partial charge in [0.15, 0.2) is 0 Å². The van der Waals surface area contributed by atoms with Gasteiger partial charge in [-0.2, -0.15) is 0 Å². The second-order valence-corrected chi connectivity index (χ2v) is 8.15. The van der Waals surface area contributed by atoms with Gasteiger partial charge in [0.05, 0.1) is 3.79 Å². The number of nitrogens with zero attached hydrogens (tertiary/aromatic N) is 1. The van der Waals surface area contributed by atoms with E-state index < -0.39 is 0 Å². The van der Waals surface area contributed by atoms with E-state index in [0.29, 0.717) is 6.04 Å². The zero-order chi connectivity index (χ0) is 12.5. The van der Waals surface area contributed by atoms with Gasteiger partial charge in [0.25, 0.3) is 0 Å². The molecular formula is C14H21BrN2S. The third kappa shape index (κ3) is 3.16. The number of halogens is 1. The Balaban J connectivity index is 1.44. The molecule has 1 aromatic rings. The second-order valence-electron chi connectivity index (χ2n) is 5.65. The minimum absolute atomic E-state index is 0.483. The Morgan fingerprint density at radius 2 is 2.28 bits per heavy atom. The summed E-state index contributed by atoms with van der Waals surface area (Å²) >= 11 is 5.37. The molecule has 0 spiro atoms. The van der Waals surface area contributed by atoms with Crippen LogP contribution < -0.4 is 5.32 Å². The molecule has 0 radical (unpaired) electrons. The highest BCUT2D eigenvalue weighted by atomic mass is 79.9. The Morgan fingerprint density at radius 1 is 1.44 bits per heavy atom. The van der Waals surface area contributed by atoms with Crippen molar-refractivity contribution in [3.63, 3.8) is 0 Å². The van der Waals surface area contributed by atoms with Crippen LogP contribution in [0.4, 0.5) is 0 Å². The third-order valence-electron chi connectivity index (χ3n) is 4.11. The SMILES string of the molecule is CC(NCC1CCN(C2CC2)C1)c1ccc(Br)s1. The summed E-state index contributed by atoms with van der Waals surface area (Å²) in [4.78, 5) is 4.12. The summed E-state index contributed by atoms with van der Waals surface area (Å²) < 4.78 is 1.23. The highest BCUT2D eigenvalue weighted by Gasteiger charge is 2.34. The van der Waals surface area contributed by atoms with E-state index in [1.807, 2.05) is 11.3 Å². The standard InChI is InChI=1S/C14H21BrN2S/c1-10(13-4-5-14(15)18-13)16-8-11-6-7-17(9-11)12-2-3-12/h4-5,10-12,16H,2-3,6-9H2,1H3. The Labute approximate surface area is 122 Å². The molecule has 2 nitrogen and oxygen atoms in total. The predicted octanol–water partition coefficient (Wildman–Crippen LogP) is 3.65. The minimum Gasteiger partial charge on any atom is -0.309 e. The van der Waals surface area contributed by atoms with Crippen LogP contribution in [0, 0.1) is 5.92 Å². The maximum Gasteiger partial charge on any atom is 0.0701 e. The molecule has 2 heterocycles. The first-order valence-corrected chi connectivity index (χ1v) is 8.56. The molecule has 18 heavy (non-hydrogen) atoms. The van der Waals surface area contributed by atoms with E-state index >= 15 is 0 Å². The van der Waals surface area contributed by atoms with Gasteiger partial charge in [-0.1, -0.05) is 0 Å². The molecule has 2 aliphatic rings. The molecule has 1 aliphatic heterocycles. The summed E-state index contributed by atoms with van der Waals surface area (Å²) in [6.07, 6.45) is 4.27. The topological polar surface area (TPSA) is 15.3 Å². The van der Waals surface area contributed by atoms with Crippen molar-refractivity contribution in [2.45, 2.75) is 38.3 Å². The van der Waals surface area contributed by atoms with Crippen LogP contribution in [0.5, 0.6) is 0 Å². The van der Waals surface area contributed by atoms with E-state index in [1.54, 1.807) is 0 Å². The first-order chi connectivity index (χ1) is 8.72. The van der Waals surface area contributed by atoms with Gasteiger partial charge in [0, 0.05) is 23.5 Å². The van der Waals surface area contributed by atoms with Crippen molar-refractivity contribution >= 4 is 27.3 Å². The molecule has 3 rings (SSSR count). The van der Waals surface area contributed by atoms with Crippen LogP contribution in [0.3, 0.4) is 0 Å². The number of hydrogen-bond acceptors (Lipinski definition) is 3. The fraction of sp³-hybridized carbons (Fsp3) is 0.714. The maximum absolute atomic E-state index is 3.70. The summed E-state index contributed by atoms with van der Waals surface area (Å²) in [5.41, 5.74) is 0. The Morgan fingerprint density at radius 3 is 2.94 bits per heavy atom. The molecule has 2 atom stereocenters. The lowest BCUT2D eigenvalue weighted by Crippen LogP contribution is -2.28. The minimum atomic E-state index is 0.483. The maximum atomic E-state index is 3.70. The highest BCUT2D eigenvalue weighted by Crippen LogP contribution is 2.32. The van der Waals surface area contributed by atoms with Crippen LogP contribution in [0.25, 0.3) is 0 Å². The van der Waals surface area contributed by atoms with Gasteiger partial charge in [0.2, 0.25) is 0 Å². The quantitative estimate of drug-likeness (QED) is 0.887. The monoisotopic (exact) mass is 328 g/mol. The van der Waals surface area contributed by atoms with Crippen molar-refractivity contribution in [2.24, 2.45) is 5.92 Å². The molecule has 2 fully saturated rings. The second kappa shape index (κ2) is 5.61. The Hall–Kier alpha value is 0.1000.